The van der Waals surface area contributed by atoms with Gasteiger partial charge >= 0.3 is 0 Å². The molecule has 0 radical (unpaired) electrons. The van der Waals surface area contributed by atoms with Gasteiger partial charge in [0.15, 0.2) is 0 Å². The summed E-state index contributed by atoms with van der Waals surface area (Å²) in [5, 5.41) is 10.1. The van der Waals surface area contributed by atoms with Gasteiger partial charge < -0.3 is 0 Å². The Morgan fingerprint density at radius 2 is 0.436 bits per heavy atom. The van der Waals surface area contributed by atoms with Crippen LogP contribution in [0.2, 0.25) is 0 Å². The van der Waals surface area contributed by atoms with Crippen LogP contribution in [0.25, 0.3) is 87.6 Å². The summed E-state index contributed by atoms with van der Waals surface area (Å²) in [7, 11) is 0. The number of fused-ring (bicyclic) bond motifs is 4. The van der Waals surface area contributed by atoms with E-state index in [4.69, 9.17) is 0 Å². The van der Waals surface area contributed by atoms with Crippen molar-refractivity contribution >= 4 is 43.1 Å². The molecule has 0 heterocycles. The summed E-state index contributed by atoms with van der Waals surface area (Å²) in [5.74, 6) is 0. The van der Waals surface area contributed by atoms with Crippen LogP contribution in [0, 0.1) is 0 Å². The van der Waals surface area contributed by atoms with Gasteiger partial charge in [-0.3, -0.25) is 0 Å². The molecular formula is C78H50. The minimum Gasteiger partial charge on any atom is -0.0646 e. The quantitative estimate of drug-likeness (QED) is 0.133. The van der Waals surface area contributed by atoms with E-state index >= 15 is 0 Å². The van der Waals surface area contributed by atoms with Gasteiger partial charge in [-0.2, -0.15) is 0 Å². The van der Waals surface area contributed by atoms with Crippen molar-refractivity contribution in [1.29, 1.82) is 0 Å². The summed E-state index contributed by atoms with van der Waals surface area (Å²) in [6, 6.07) is 99.0. The van der Waals surface area contributed by atoms with Crippen molar-refractivity contribution in [3.05, 3.63) is 359 Å². The smallest absolute Gasteiger partial charge is 0.0641 e. The van der Waals surface area contributed by atoms with E-state index < -0.39 is 10.8 Å². The zero-order chi connectivity index (χ0) is 51.4. The first kappa shape index (κ1) is 44.4. The van der Waals surface area contributed by atoms with E-state index in [1.807, 2.05) is 0 Å². The Hall–Kier alpha value is -9.88. The topological polar surface area (TPSA) is 0 Å². The molecule has 0 heteroatoms. The SMILES string of the molecule is C1=CC(c2ccccc2)(c2ccc(-c3c4ccccc4c(-c4ccccc4)c4ccccc34)cc2)C2=C3C1=CC1=C3C(=C2)C=CC1(c1ccccc1)c1ccc(-c2c3ccccc3c(-c3ccccc3)c3ccccc23)cc1. The Morgan fingerprint density at radius 1 is 0.205 bits per heavy atom. The van der Waals surface area contributed by atoms with Crippen LogP contribution >= 0.6 is 0 Å². The lowest BCUT2D eigenvalue weighted by Crippen LogP contribution is -2.30. The van der Waals surface area contributed by atoms with Gasteiger partial charge in [-0.15, -0.1) is 0 Å². The molecule has 362 valence electrons. The first-order valence-electron chi connectivity index (χ1n) is 27.3. The van der Waals surface area contributed by atoms with Crippen molar-refractivity contribution in [3.63, 3.8) is 0 Å². The average Bonchev–Trinajstić information content (AvgIpc) is 4.27. The molecule has 0 bridgehead atoms. The molecule has 0 saturated heterocycles. The van der Waals surface area contributed by atoms with Crippen molar-refractivity contribution in [2.75, 3.05) is 0 Å². The van der Waals surface area contributed by atoms with Gasteiger partial charge in [0, 0.05) is 0 Å². The molecule has 2 atom stereocenters. The molecule has 78 heavy (non-hydrogen) atoms. The zero-order valence-corrected chi connectivity index (χ0v) is 42.9. The Morgan fingerprint density at radius 3 is 0.718 bits per heavy atom. The number of allylic oxidation sites excluding steroid dienone is 12. The molecule has 2 unspecified atom stereocenters. The van der Waals surface area contributed by atoms with Crippen molar-refractivity contribution < 1.29 is 0 Å². The fourth-order valence-corrected chi connectivity index (χ4v) is 14.2. The van der Waals surface area contributed by atoms with Crippen LogP contribution in [0.3, 0.4) is 0 Å². The Bertz CT molecular complexity index is 4230. The summed E-state index contributed by atoms with van der Waals surface area (Å²) in [4.78, 5) is 0. The van der Waals surface area contributed by atoms with Crippen molar-refractivity contribution in [3.8, 4) is 44.5 Å². The summed E-state index contributed by atoms with van der Waals surface area (Å²) < 4.78 is 0. The highest BCUT2D eigenvalue weighted by atomic mass is 14.5. The second-order valence-corrected chi connectivity index (χ2v) is 21.4. The lowest BCUT2D eigenvalue weighted by Gasteiger charge is -2.37. The van der Waals surface area contributed by atoms with Crippen molar-refractivity contribution in [2.24, 2.45) is 0 Å². The summed E-state index contributed by atoms with van der Waals surface area (Å²) >= 11 is 0. The fourth-order valence-electron chi connectivity index (χ4n) is 14.2. The van der Waals surface area contributed by atoms with E-state index in [2.05, 4.69) is 303 Å². The van der Waals surface area contributed by atoms with Gasteiger partial charge in [0.05, 0.1) is 10.8 Å². The van der Waals surface area contributed by atoms with Gasteiger partial charge in [0.1, 0.15) is 0 Å². The van der Waals surface area contributed by atoms with Gasteiger partial charge in [0.2, 0.25) is 0 Å². The summed E-state index contributed by atoms with van der Waals surface area (Å²) in [5.41, 5.74) is 21.9. The molecule has 0 N–H and O–H groups in total. The molecule has 4 aliphatic carbocycles. The number of benzene rings is 12. The summed E-state index contributed by atoms with van der Waals surface area (Å²) in [6.45, 7) is 0. The largest absolute Gasteiger partial charge is 0.0646 e. The lowest BCUT2D eigenvalue weighted by molar-refractivity contribution is 0.766. The minimum atomic E-state index is -0.535. The highest BCUT2D eigenvalue weighted by molar-refractivity contribution is 6.22. The molecule has 16 rings (SSSR count). The average molecular weight is 987 g/mol. The molecule has 12 aromatic carbocycles. The molecule has 12 aromatic rings. The van der Waals surface area contributed by atoms with Crippen LogP contribution in [0.5, 0.6) is 0 Å². The van der Waals surface area contributed by atoms with Gasteiger partial charge in [0.25, 0.3) is 0 Å². The summed E-state index contributed by atoms with van der Waals surface area (Å²) in [6.07, 6.45) is 14.8. The number of rotatable bonds is 8. The standard InChI is InChI=1S/C78H50/c1-5-21-51(22-6-1)71-61-29-13-17-33-65(61)73(66-34-18-14-30-62(66)71)53-37-41-59(42-38-53)77(57-25-9-3-10-26-57)47-45-55-50-70-76-56(49-69(77)75(55)76)46-48-78(70,58-27-11-4-12-28-58)60-43-39-54(40-44-60)74-67-35-19-15-31-63(67)72(52-23-7-2-8-24-52)64-32-16-20-36-68(64)74/h1-50H. The van der Waals surface area contributed by atoms with E-state index in [1.165, 1.54) is 143 Å². The van der Waals surface area contributed by atoms with E-state index in [1.54, 1.807) is 0 Å². The minimum absolute atomic E-state index is 0.535. The molecule has 0 amide bonds. The van der Waals surface area contributed by atoms with Crippen LogP contribution in [-0.2, 0) is 10.8 Å². The van der Waals surface area contributed by atoms with Crippen LogP contribution in [0.1, 0.15) is 22.3 Å². The maximum absolute atomic E-state index is 2.51. The molecule has 0 fully saturated rings. The molecular weight excluding hydrogens is 937 g/mol. The third-order valence-corrected chi connectivity index (χ3v) is 17.5. The first-order chi connectivity index (χ1) is 38.7. The third kappa shape index (κ3) is 6.35. The third-order valence-electron chi connectivity index (χ3n) is 17.5. The molecule has 0 saturated carbocycles. The Balaban J connectivity index is 0.853. The predicted molar refractivity (Wildman–Crippen MR) is 328 cm³/mol. The second-order valence-electron chi connectivity index (χ2n) is 21.4. The van der Waals surface area contributed by atoms with Crippen LogP contribution in [0.4, 0.5) is 0 Å². The molecule has 0 nitrogen and oxygen atoms in total. The fraction of sp³-hybridized carbons (Fsp3) is 0.0256. The van der Waals surface area contributed by atoms with E-state index in [0.29, 0.717) is 0 Å². The van der Waals surface area contributed by atoms with E-state index in [9.17, 15) is 0 Å². The Kier molecular flexibility index (Phi) is 9.87. The molecule has 4 aliphatic rings. The number of hydrogen-bond acceptors (Lipinski definition) is 0. The molecule has 0 aromatic heterocycles. The Labute approximate surface area is 455 Å². The normalized spacial score (nSPS) is 18.1. The predicted octanol–water partition coefficient (Wildman–Crippen LogP) is 19.9. The highest BCUT2D eigenvalue weighted by Crippen LogP contribution is 2.61. The van der Waals surface area contributed by atoms with Crippen LogP contribution in [-0.4, -0.2) is 0 Å². The van der Waals surface area contributed by atoms with Crippen molar-refractivity contribution in [2.45, 2.75) is 10.8 Å². The monoisotopic (exact) mass is 986 g/mol. The van der Waals surface area contributed by atoms with Crippen molar-refractivity contribution in [1.82, 2.24) is 0 Å². The van der Waals surface area contributed by atoms with Crippen LogP contribution in [0.15, 0.2) is 337 Å². The number of hydrogen-bond donors (Lipinski definition) is 0. The van der Waals surface area contributed by atoms with E-state index in [0.717, 1.165) is 0 Å². The van der Waals surface area contributed by atoms with Crippen LogP contribution < -0.4 is 0 Å². The zero-order valence-electron chi connectivity index (χ0n) is 42.9. The maximum Gasteiger partial charge on any atom is 0.0641 e. The molecule has 0 aliphatic heterocycles. The maximum atomic E-state index is 2.51. The molecule has 0 spiro atoms. The highest BCUT2D eigenvalue weighted by Gasteiger charge is 2.50. The van der Waals surface area contributed by atoms with Gasteiger partial charge in [-0.1, -0.05) is 291 Å². The second kappa shape index (κ2) is 17.3. The van der Waals surface area contributed by atoms with Gasteiger partial charge in [-0.25, -0.2) is 0 Å². The van der Waals surface area contributed by atoms with Gasteiger partial charge in [-0.05, 0) is 155 Å². The lowest BCUT2D eigenvalue weighted by atomic mass is 9.65. The van der Waals surface area contributed by atoms with E-state index in [-0.39, 0.29) is 0 Å². The first-order valence-corrected chi connectivity index (χ1v) is 27.3.